The molecule has 1 aliphatic rings. The molecule has 1 saturated carbocycles. The molecule has 0 saturated heterocycles. The molecule has 0 amide bonds. The molecule has 2 rings (SSSR count). The minimum absolute atomic E-state index is 0.261. The van der Waals surface area contributed by atoms with Crippen LogP contribution in [-0.4, -0.2) is 24.1 Å². The molecule has 0 atom stereocenters. The highest BCUT2D eigenvalue weighted by Crippen LogP contribution is 2.18. The van der Waals surface area contributed by atoms with Crippen LogP contribution in [0.3, 0.4) is 0 Å². The summed E-state index contributed by atoms with van der Waals surface area (Å²) in [4.78, 5) is 3.86. The molecule has 1 aromatic rings. The Morgan fingerprint density at radius 2 is 2.27 bits per heavy atom. The van der Waals surface area contributed by atoms with Gasteiger partial charge < -0.3 is 10.6 Å². The number of anilines is 1. The molecule has 15 heavy (non-hydrogen) atoms. The van der Waals surface area contributed by atoms with Gasteiger partial charge in [-0.05, 0) is 18.9 Å². The highest BCUT2D eigenvalue weighted by Gasteiger charge is 2.19. The molecule has 2 N–H and O–H groups in total. The second-order valence-corrected chi connectivity index (χ2v) is 4.08. The van der Waals surface area contributed by atoms with E-state index in [0.717, 1.165) is 6.54 Å². The van der Waals surface area contributed by atoms with E-state index in [1.165, 1.54) is 25.1 Å². The maximum atomic E-state index is 13.2. The largest absolute Gasteiger partial charge is 0.366 e. The van der Waals surface area contributed by atoms with Crippen LogP contribution in [-0.2, 0) is 0 Å². The predicted octanol–water partition coefficient (Wildman–Crippen LogP) is 2.04. The maximum Gasteiger partial charge on any atom is 0.166 e. The van der Waals surface area contributed by atoms with Gasteiger partial charge in [0.15, 0.2) is 11.6 Å². The van der Waals surface area contributed by atoms with Crippen molar-refractivity contribution in [2.24, 2.45) is 0 Å². The smallest absolute Gasteiger partial charge is 0.166 e. The van der Waals surface area contributed by atoms with Crippen LogP contribution >= 0.6 is 11.6 Å². The van der Waals surface area contributed by atoms with Crippen LogP contribution < -0.4 is 10.6 Å². The van der Waals surface area contributed by atoms with Crippen molar-refractivity contribution in [3.8, 4) is 0 Å². The van der Waals surface area contributed by atoms with Gasteiger partial charge >= 0.3 is 0 Å². The van der Waals surface area contributed by atoms with Gasteiger partial charge in [0.2, 0.25) is 0 Å². The van der Waals surface area contributed by atoms with Gasteiger partial charge in [-0.1, -0.05) is 11.6 Å². The maximum absolute atomic E-state index is 13.2. The van der Waals surface area contributed by atoms with E-state index >= 15 is 0 Å². The Balaban J connectivity index is 1.76. The van der Waals surface area contributed by atoms with E-state index in [0.29, 0.717) is 17.6 Å². The molecular weight excluding hydrogens is 217 g/mol. The summed E-state index contributed by atoms with van der Waals surface area (Å²) >= 11 is 5.59. The van der Waals surface area contributed by atoms with E-state index in [2.05, 4.69) is 15.6 Å². The Labute approximate surface area is 93.0 Å². The zero-order valence-corrected chi connectivity index (χ0v) is 9.02. The summed E-state index contributed by atoms with van der Waals surface area (Å²) < 4.78 is 13.2. The van der Waals surface area contributed by atoms with E-state index in [1.807, 2.05) is 0 Å². The Morgan fingerprint density at radius 3 is 2.93 bits per heavy atom. The van der Waals surface area contributed by atoms with Crippen LogP contribution in [0.1, 0.15) is 12.8 Å². The van der Waals surface area contributed by atoms with E-state index in [1.54, 1.807) is 0 Å². The number of pyridine rings is 1. The number of aromatic nitrogens is 1. The Hall–Kier alpha value is -0.870. The second kappa shape index (κ2) is 4.77. The van der Waals surface area contributed by atoms with Crippen LogP contribution in [0.5, 0.6) is 0 Å². The first-order valence-electron chi connectivity index (χ1n) is 5.04. The second-order valence-electron chi connectivity index (χ2n) is 3.64. The van der Waals surface area contributed by atoms with Crippen LogP contribution in [0.2, 0.25) is 5.02 Å². The molecule has 0 spiro atoms. The predicted molar refractivity (Wildman–Crippen MR) is 58.7 cm³/mol. The number of halogens is 2. The van der Waals surface area contributed by atoms with Gasteiger partial charge in [0.25, 0.3) is 0 Å². The first-order valence-corrected chi connectivity index (χ1v) is 5.42. The topological polar surface area (TPSA) is 37.0 Å². The van der Waals surface area contributed by atoms with E-state index in [-0.39, 0.29) is 5.82 Å². The lowest BCUT2D eigenvalue weighted by molar-refractivity contribution is 0.622. The fourth-order valence-electron chi connectivity index (χ4n) is 1.29. The zero-order chi connectivity index (χ0) is 10.7. The van der Waals surface area contributed by atoms with E-state index < -0.39 is 5.82 Å². The van der Waals surface area contributed by atoms with Gasteiger partial charge in [-0.2, -0.15) is 0 Å². The van der Waals surface area contributed by atoms with Crippen molar-refractivity contribution < 1.29 is 4.39 Å². The van der Waals surface area contributed by atoms with Gasteiger partial charge in [-0.15, -0.1) is 0 Å². The number of hydrogen-bond donors (Lipinski definition) is 2. The van der Waals surface area contributed by atoms with Crippen molar-refractivity contribution in [2.45, 2.75) is 18.9 Å². The Kier molecular flexibility index (Phi) is 3.38. The first-order chi connectivity index (χ1) is 7.25. The standard InChI is InChI=1S/C10H13ClFN3/c11-7-5-9(12)10(15-6-7)14-4-3-13-8-1-2-8/h5-6,8,13H,1-4H2,(H,14,15). The third-order valence-corrected chi connectivity index (χ3v) is 2.44. The van der Waals surface area contributed by atoms with Gasteiger partial charge in [-0.3, -0.25) is 0 Å². The van der Waals surface area contributed by atoms with E-state index in [9.17, 15) is 4.39 Å². The van der Waals surface area contributed by atoms with Crippen molar-refractivity contribution in [2.75, 3.05) is 18.4 Å². The zero-order valence-electron chi connectivity index (χ0n) is 8.26. The molecule has 3 nitrogen and oxygen atoms in total. The molecule has 1 heterocycles. The molecule has 1 fully saturated rings. The summed E-state index contributed by atoms with van der Waals surface area (Å²) in [6.45, 7) is 1.50. The third kappa shape index (κ3) is 3.32. The summed E-state index contributed by atoms with van der Waals surface area (Å²) in [5, 5.41) is 6.55. The minimum atomic E-state index is -0.408. The molecular formula is C10H13ClFN3. The summed E-state index contributed by atoms with van der Waals surface area (Å²) in [6.07, 6.45) is 3.95. The molecule has 0 aliphatic heterocycles. The fraction of sp³-hybridized carbons (Fsp3) is 0.500. The monoisotopic (exact) mass is 229 g/mol. The lowest BCUT2D eigenvalue weighted by Crippen LogP contribution is -2.24. The first kappa shape index (κ1) is 10.6. The number of hydrogen-bond acceptors (Lipinski definition) is 3. The third-order valence-electron chi connectivity index (χ3n) is 2.24. The number of nitrogens with zero attached hydrogens (tertiary/aromatic N) is 1. The van der Waals surface area contributed by atoms with Gasteiger partial charge in [0, 0.05) is 25.3 Å². The lowest BCUT2D eigenvalue weighted by atomic mass is 10.4. The van der Waals surface area contributed by atoms with Gasteiger partial charge in [-0.25, -0.2) is 9.37 Å². The summed E-state index contributed by atoms with van der Waals surface area (Å²) in [5.41, 5.74) is 0. The summed E-state index contributed by atoms with van der Waals surface area (Å²) in [7, 11) is 0. The molecule has 5 heteroatoms. The molecule has 0 unspecified atom stereocenters. The molecule has 0 aromatic carbocycles. The SMILES string of the molecule is Fc1cc(Cl)cnc1NCCNC1CC1. The molecule has 0 radical (unpaired) electrons. The minimum Gasteiger partial charge on any atom is -0.366 e. The number of rotatable bonds is 5. The molecule has 82 valence electrons. The lowest BCUT2D eigenvalue weighted by Gasteiger charge is -2.07. The Morgan fingerprint density at radius 1 is 1.47 bits per heavy atom. The quantitative estimate of drug-likeness (QED) is 0.759. The van der Waals surface area contributed by atoms with Crippen molar-refractivity contribution in [3.05, 3.63) is 23.1 Å². The van der Waals surface area contributed by atoms with Crippen molar-refractivity contribution in [3.63, 3.8) is 0 Å². The molecule has 1 aromatic heterocycles. The van der Waals surface area contributed by atoms with Crippen molar-refractivity contribution in [1.82, 2.24) is 10.3 Å². The highest BCUT2D eigenvalue weighted by atomic mass is 35.5. The highest BCUT2D eigenvalue weighted by molar-refractivity contribution is 6.30. The van der Waals surface area contributed by atoms with Crippen molar-refractivity contribution in [1.29, 1.82) is 0 Å². The van der Waals surface area contributed by atoms with Gasteiger partial charge in [0.1, 0.15) is 0 Å². The van der Waals surface area contributed by atoms with Crippen LogP contribution in [0.4, 0.5) is 10.2 Å². The van der Waals surface area contributed by atoms with E-state index in [4.69, 9.17) is 11.6 Å². The average molecular weight is 230 g/mol. The summed E-state index contributed by atoms with van der Waals surface area (Å²) in [5.74, 6) is -0.147. The Bertz CT molecular complexity index is 341. The van der Waals surface area contributed by atoms with Crippen LogP contribution in [0.15, 0.2) is 12.3 Å². The molecule has 1 aliphatic carbocycles. The normalized spacial score (nSPS) is 15.3. The van der Waals surface area contributed by atoms with Crippen molar-refractivity contribution >= 4 is 17.4 Å². The van der Waals surface area contributed by atoms with Crippen LogP contribution in [0, 0.1) is 5.82 Å². The fourth-order valence-corrected chi connectivity index (χ4v) is 1.43. The molecule has 0 bridgehead atoms. The number of nitrogens with one attached hydrogen (secondary N) is 2. The van der Waals surface area contributed by atoms with Crippen LogP contribution in [0.25, 0.3) is 0 Å². The average Bonchev–Trinajstić information content (AvgIpc) is 2.99. The van der Waals surface area contributed by atoms with Gasteiger partial charge in [0.05, 0.1) is 5.02 Å². The summed E-state index contributed by atoms with van der Waals surface area (Å²) in [6, 6.07) is 1.93.